The zero-order valence-corrected chi connectivity index (χ0v) is 13.0. The average molecular weight is 339 g/mol. The van der Waals surface area contributed by atoms with E-state index in [1.54, 1.807) is 13.0 Å². The lowest BCUT2D eigenvalue weighted by Crippen LogP contribution is -2.44. The van der Waals surface area contributed by atoms with Gasteiger partial charge in [0.15, 0.2) is 0 Å². The molecule has 1 aromatic carbocycles. The van der Waals surface area contributed by atoms with Gasteiger partial charge in [-0.1, -0.05) is 12.1 Å². The number of amides is 2. The Balaban J connectivity index is 2.14. The number of likely N-dealkylation sites (tertiary alicyclic amines) is 1. The van der Waals surface area contributed by atoms with Gasteiger partial charge in [-0.25, -0.2) is 0 Å². The lowest BCUT2D eigenvalue weighted by atomic mass is 10.0. The molecule has 2 amide bonds. The smallest absolute Gasteiger partial charge is 0.350 e. The normalized spacial score (nSPS) is 17.7. The lowest BCUT2D eigenvalue weighted by Gasteiger charge is -2.22. The van der Waals surface area contributed by atoms with E-state index in [9.17, 15) is 22.8 Å². The van der Waals surface area contributed by atoms with Crippen LogP contribution in [0.1, 0.15) is 36.5 Å². The van der Waals surface area contributed by atoms with Crippen LogP contribution in [0.2, 0.25) is 0 Å². The van der Waals surface area contributed by atoms with Crippen molar-refractivity contribution in [1.29, 1.82) is 5.26 Å². The Morgan fingerprint density at radius 2 is 2.17 bits per heavy atom. The second-order valence-electron chi connectivity index (χ2n) is 5.40. The molecule has 0 radical (unpaired) electrons. The summed E-state index contributed by atoms with van der Waals surface area (Å²) in [5.41, 5.74) is -1.43. The van der Waals surface area contributed by atoms with Crippen molar-refractivity contribution in [2.24, 2.45) is 0 Å². The maximum absolute atomic E-state index is 12.9. The second-order valence-corrected chi connectivity index (χ2v) is 5.40. The zero-order valence-electron chi connectivity index (χ0n) is 13.0. The van der Waals surface area contributed by atoms with E-state index in [-0.39, 0.29) is 24.4 Å². The molecule has 0 bridgehead atoms. The van der Waals surface area contributed by atoms with E-state index in [0.717, 1.165) is 6.07 Å². The van der Waals surface area contributed by atoms with Gasteiger partial charge in [-0.05, 0) is 25.0 Å². The number of hydrogen-bond acceptors (Lipinski definition) is 3. The average Bonchev–Trinajstić information content (AvgIpc) is 2.92. The van der Waals surface area contributed by atoms with Gasteiger partial charge in [-0.15, -0.1) is 0 Å². The predicted octanol–water partition coefficient (Wildman–Crippen LogP) is 2.20. The molecule has 0 unspecified atom stereocenters. The molecule has 0 aliphatic carbocycles. The SMILES string of the molecule is CCN1C(=O)CC[C@H]1C(=O)NCc1cccc(C(F)(F)F)c1C#N. The first-order valence-electron chi connectivity index (χ1n) is 7.46. The van der Waals surface area contributed by atoms with Gasteiger partial charge in [-0.3, -0.25) is 9.59 Å². The number of carbonyl (C=O) groups excluding carboxylic acids is 2. The molecule has 1 N–H and O–H groups in total. The number of benzene rings is 1. The van der Waals surface area contributed by atoms with Gasteiger partial charge < -0.3 is 10.2 Å². The fourth-order valence-corrected chi connectivity index (χ4v) is 2.82. The first kappa shape index (κ1) is 17.8. The van der Waals surface area contributed by atoms with E-state index in [4.69, 9.17) is 5.26 Å². The molecule has 0 saturated carbocycles. The summed E-state index contributed by atoms with van der Waals surface area (Å²) < 4.78 is 38.8. The van der Waals surface area contributed by atoms with Crippen LogP contribution in [-0.4, -0.2) is 29.3 Å². The minimum atomic E-state index is -4.64. The third-order valence-corrected chi connectivity index (χ3v) is 3.99. The molecule has 1 aliphatic rings. The predicted molar refractivity (Wildman–Crippen MR) is 78.4 cm³/mol. The minimum Gasteiger partial charge on any atom is -0.350 e. The van der Waals surface area contributed by atoms with Crippen molar-refractivity contribution in [2.75, 3.05) is 6.54 Å². The number of rotatable bonds is 4. The Kier molecular flexibility index (Phi) is 5.12. The summed E-state index contributed by atoms with van der Waals surface area (Å²) in [6, 6.07) is 4.34. The highest BCUT2D eigenvalue weighted by molar-refractivity contribution is 5.90. The topological polar surface area (TPSA) is 73.2 Å². The summed E-state index contributed by atoms with van der Waals surface area (Å²) >= 11 is 0. The van der Waals surface area contributed by atoms with Crippen molar-refractivity contribution in [2.45, 2.75) is 38.5 Å². The second kappa shape index (κ2) is 6.91. The van der Waals surface area contributed by atoms with Gasteiger partial charge in [0, 0.05) is 19.5 Å². The molecule has 1 atom stereocenters. The molecule has 8 heteroatoms. The Morgan fingerprint density at radius 1 is 1.46 bits per heavy atom. The Bertz CT molecular complexity index is 695. The number of hydrogen-bond donors (Lipinski definition) is 1. The summed E-state index contributed by atoms with van der Waals surface area (Å²) in [4.78, 5) is 25.3. The van der Waals surface area contributed by atoms with E-state index >= 15 is 0 Å². The van der Waals surface area contributed by atoms with Crippen molar-refractivity contribution in [3.8, 4) is 6.07 Å². The maximum atomic E-state index is 12.9. The molecule has 1 aromatic rings. The number of alkyl halides is 3. The van der Waals surface area contributed by atoms with Crippen LogP contribution in [0.5, 0.6) is 0 Å². The van der Waals surface area contributed by atoms with E-state index in [2.05, 4.69) is 5.32 Å². The standard InChI is InChI=1S/C16H16F3N3O2/c1-2-22-13(6-7-14(22)23)15(24)21-9-10-4-3-5-12(11(10)8-20)16(17,18)19/h3-5,13H,2,6-7,9H2,1H3,(H,21,24)/t13-/m0/s1. The van der Waals surface area contributed by atoms with Crippen LogP contribution in [0.3, 0.4) is 0 Å². The summed E-state index contributed by atoms with van der Waals surface area (Å²) in [6.45, 7) is 1.95. The van der Waals surface area contributed by atoms with Crippen molar-refractivity contribution in [3.05, 3.63) is 34.9 Å². The van der Waals surface area contributed by atoms with Gasteiger partial charge >= 0.3 is 6.18 Å². The Labute approximate surface area is 137 Å². The molecular weight excluding hydrogens is 323 g/mol. The first-order chi connectivity index (χ1) is 11.3. The molecule has 0 spiro atoms. The van der Waals surface area contributed by atoms with Crippen LogP contribution in [0, 0.1) is 11.3 Å². The van der Waals surface area contributed by atoms with Gasteiger partial charge in [0.25, 0.3) is 0 Å². The third-order valence-electron chi connectivity index (χ3n) is 3.99. The molecule has 1 fully saturated rings. The molecule has 1 aliphatic heterocycles. The maximum Gasteiger partial charge on any atom is 0.417 e. The number of halogens is 3. The molecule has 24 heavy (non-hydrogen) atoms. The Hall–Kier alpha value is -2.56. The highest BCUT2D eigenvalue weighted by Crippen LogP contribution is 2.33. The van der Waals surface area contributed by atoms with Crippen molar-refractivity contribution >= 4 is 11.8 Å². The summed E-state index contributed by atoms with van der Waals surface area (Å²) in [7, 11) is 0. The van der Waals surface area contributed by atoms with Crippen molar-refractivity contribution in [3.63, 3.8) is 0 Å². The molecule has 5 nitrogen and oxygen atoms in total. The number of nitrogens with one attached hydrogen (secondary N) is 1. The highest BCUT2D eigenvalue weighted by Gasteiger charge is 2.36. The molecule has 1 heterocycles. The van der Waals surface area contributed by atoms with E-state index in [0.29, 0.717) is 13.0 Å². The fourth-order valence-electron chi connectivity index (χ4n) is 2.82. The lowest BCUT2D eigenvalue weighted by molar-refractivity contribution is -0.137. The van der Waals surface area contributed by atoms with Gasteiger partial charge in [0.2, 0.25) is 11.8 Å². The van der Waals surface area contributed by atoms with E-state index in [1.807, 2.05) is 0 Å². The van der Waals surface area contributed by atoms with Crippen LogP contribution in [-0.2, 0) is 22.3 Å². The van der Waals surface area contributed by atoms with Crippen LogP contribution < -0.4 is 5.32 Å². The monoisotopic (exact) mass is 339 g/mol. The molecule has 0 aromatic heterocycles. The number of nitriles is 1. The number of nitrogens with zero attached hydrogens (tertiary/aromatic N) is 2. The van der Waals surface area contributed by atoms with Gasteiger partial charge in [0.1, 0.15) is 12.1 Å². The van der Waals surface area contributed by atoms with Gasteiger partial charge in [-0.2, -0.15) is 18.4 Å². The summed E-state index contributed by atoms with van der Waals surface area (Å²) in [5.74, 6) is -0.543. The Morgan fingerprint density at radius 3 is 2.75 bits per heavy atom. The van der Waals surface area contributed by atoms with E-state index < -0.39 is 29.3 Å². The molecule has 2 rings (SSSR count). The molecule has 128 valence electrons. The highest BCUT2D eigenvalue weighted by atomic mass is 19.4. The summed E-state index contributed by atoms with van der Waals surface area (Å²) in [5, 5.41) is 11.6. The van der Waals surface area contributed by atoms with Gasteiger partial charge in [0.05, 0.1) is 11.1 Å². The van der Waals surface area contributed by atoms with Crippen molar-refractivity contribution in [1.82, 2.24) is 10.2 Å². The van der Waals surface area contributed by atoms with E-state index in [1.165, 1.54) is 17.0 Å². The quantitative estimate of drug-likeness (QED) is 0.914. The molecular formula is C16H16F3N3O2. The fraction of sp³-hybridized carbons (Fsp3) is 0.438. The van der Waals surface area contributed by atoms with Crippen LogP contribution in [0.15, 0.2) is 18.2 Å². The van der Waals surface area contributed by atoms with Crippen LogP contribution >= 0.6 is 0 Å². The summed E-state index contributed by atoms with van der Waals surface area (Å²) in [6.07, 6.45) is -3.98. The van der Waals surface area contributed by atoms with Crippen LogP contribution in [0.25, 0.3) is 0 Å². The van der Waals surface area contributed by atoms with Crippen molar-refractivity contribution < 1.29 is 22.8 Å². The minimum absolute atomic E-state index is 0.0908. The van der Waals surface area contributed by atoms with Crippen LogP contribution in [0.4, 0.5) is 13.2 Å². The first-order valence-corrected chi connectivity index (χ1v) is 7.46. The largest absolute Gasteiger partial charge is 0.417 e. The third kappa shape index (κ3) is 3.50. The zero-order chi connectivity index (χ0) is 17.9. The number of likely N-dealkylation sites (N-methyl/N-ethyl adjacent to an activating group) is 1. The molecule has 1 saturated heterocycles. The number of carbonyl (C=O) groups is 2.